The predicted molar refractivity (Wildman–Crippen MR) is 131 cm³/mol. The highest BCUT2D eigenvalue weighted by molar-refractivity contribution is 7.48. The summed E-state index contributed by atoms with van der Waals surface area (Å²) in [5.41, 5.74) is 0.319. The number of phosphoric acid groups is 1. The van der Waals surface area contributed by atoms with Crippen molar-refractivity contribution in [2.24, 2.45) is 0 Å². The van der Waals surface area contributed by atoms with Gasteiger partial charge in [-0.1, -0.05) is 18.2 Å². The van der Waals surface area contributed by atoms with E-state index in [4.69, 9.17) is 27.8 Å². The van der Waals surface area contributed by atoms with Crippen molar-refractivity contribution < 1.29 is 41.9 Å². The van der Waals surface area contributed by atoms with Crippen LogP contribution in [-0.2, 0) is 49.3 Å². The van der Waals surface area contributed by atoms with Gasteiger partial charge in [-0.2, -0.15) is 10.4 Å². The number of nitrogens with zero attached hydrogens (tertiary/aromatic N) is 4. The highest BCUT2D eigenvalue weighted by Gasteiger charge is 2.64. The SMILES string of the molecule is CCOC(=O)c1ccccc1COP1(=O)OC[C@H]2O[C@@](C#N)(c3ccc4c(C)ncnn34)[C@H](OC(C)=O)[C@@H]2O1. The third-order valence-corrected chi connectivity index (χ3v) is 7.84. The fourth-order valence-corrected chi connectivity index (χ4v) is 6.05. The van der Waals surface area contributed by atoms with Crippen molar-refractivity contribution in [2.75, 3.05) is 13.2 Å². The van der Waals surface area contributed by atoms with Crippen molar-refractivity contribution in [3.8, 4) is 6.07 Å². The van der Waals surface area contributed by atoms with Crippen LogP contribution in [0.4, 0.5) is 0 Å². The van der Waals surface area contributed by atoms with E-state index in [1.165, 1.54) is 17.8 Å². The molecule has 0 aliphatic carbocycles. The van der Waals surface area contributed by atoms with Gasteiger partial charge in [0, 0.05) is 6.92 Å². The fraction of sp³-hybridized carbons (Fsp3) is 0.400. The first kappa shape index (κ1) is 26.9. The molecule has 2 aromatic heterocycles. The van der Waals surface area contributed by atoms with Gasteiger partial charge >= 0.3 is 19.8 Å². The van der Waals surface area contributed by atoms with Gasteiger partial charge in [0.05, 0.1) is 42.3 Å². The Kier molecular flexibility index (Phi) is 7.24. The zero-order valence-corrected chi connectivity index (χ0v) is 22.2. The van der Waals surface area contributed by atoms with Crippen molar-refractivity contribution in [1.82, 2.24) is 14.6 Å². The van der Waals surface area contributed by atoms with E-state index < -0.39 is 43.7 Å². The molecular formula is C25H25N4O9P. The van der Waals surface area contributed by atoms with Gasteiger partial charge in [0.1, 0.15) is 24.6 Å². The van der Waals surface area contributed by atoms with E-state index in [0.29, 0.717) is 16.8 Å². The molecule has 0 saturated carbocycles. The number of rotatable bonds is 7. The van der Waals surface area contributed by atoms with Crippen molar-refractivity contribution in [2.45, 2.75) is 51.3 Å². The van der Waals surface area contributed by atoms with Crippen LogP contribution in [0.15, 0.2) is 42.7 Å². The summed E-state index contributed by atoms with van der Waals surface area (Å²) in [5, 5.41) is 14.6. The van der Waals surface area contributed by atoms with Gasteiger partial charge in [0.25, 0.3) is 0 Å². The molecule has 0 bridgehead atoms. The molecule has 14 heteroatoms. The lowest BCUT2D eigenvalue weighted by atomic mass is 9.92. The van der Waals surface area contributed by atoms with Crippen LogP contribution in [0, 0.1) is 18.3 Å². The van der Waals surface area contributed by atoms with Crippen LogP contribution >= 0.6 is 7.82 Å². The monoisotopic (exact) mass is 556 g/mol. The fourth-order valence-electron chi connectivity index (χ4n) is 4.69. The number of benzene rings is 1. The third kappa shape index (κ3) is 4.82. The quantitative estimate of drug-likeness (QED) is 0.310. The van der Waals surface area contributed by atoms with Gasteiger partial charge in [-0.3, -0.25) is 18.4 Å². The van der Waals surface area contributed by atoms with E-state index >= 15 is 0 Å². The molecular weight excluding hydrogens is 531 g/mol. The summed E-state index contributed by atoms with van der Waals surface area (Å²) < 4.78 is 48.6. The lowest BCUT2D eigenvalue weighted by Crippen LogP contribution is -2.46. The van der Waals surface area contributed by atoms with E-state index in [0.717, 1.165) is 0 Å². The molecule has 39 heavy (non-hydrogen) atoms. The number of hydrogen-bond acceptors (Lipinski definition) is 12. The number of ether oxygens (including phenoxy) is 3. The van der Waals surface area contributed by atoms with Crippen LogP contribution in [0.1, 0.15) is 41.2 Å². The molecule has 13 nitrogen and oxygen atoms in total. The molecule has 1 aromatic carbocycles. The molecule has 2 fully saturated rings. The van der Waals surface area contributed by atoms with E-state index in [2.05, 4.69) is 16.2 Å². The molecule has 5 atom stereocenters. The second kappa shape index (κ2) is 10.5. The number of nitriles is 1. The zero-order chi connectivity index (χ0) is 27.8. The Morgan fingerprint density at radius 2 is 2.08 bits per heavy atom. The van der Waals surface area contributed by atoms with E-state index in [9.17, 15) is 19.4 Å². The Bertz CT molecular complexity index is 1520. The topological polar surface area (TPSA) is 161 Å². The van der Waals surface area contributed by atoms with Crippen molar-refractivity contribution in [3.63, 3.8) is 0 Å². The molecule has 0 spiro atoms. The van der Waals surface area contributed by atoms with Crippen LogP contribution in [0.3, 0.4) is 0 Å². The molecule has 3 aromatic rings. The molecule has 2 aliphatic heterocycles. The first-order valence-electron chi connectivity index (χ1n) is 12.1. The maximum absolute atomic E-state index is 13.5. The summed E-state index contributed by atoms with van der Waals surface area (Å²) in [5.74, 6) is -1.26. The normalized spacial score (nSPS) is 28.0. The Balaban J connectivity index is 1.44. The summed E-state index contributed by atoms with van der Waals surface area (Å²) in [6, 6.07) is 12.0. The Labute approximate surface area is 223 Å². The first-order valence-corrected chi connectivity index (χ1v) is 13.6. The molecule has 1 unspecified atom stereocenters. The number of fused-ring (bicyclic) bond motifs is 2. The van der Waals surface area contributed by atoms with E-state index in [-0.39, 0.29) is 31.1 Å². The standard InChI is InChI=1S/C25H25N4O9P/c1-4-33-24(31)18-8-6-5-7-17(18)11-34-39(32)35-12-20-22(38-39)23(36-16(3)30)25(13-26,37-20)21-10-9-19-15(2)27-14-28-29(19)21/h5-10,14,20,22-23H,4,11-12H2,1-3H3/t20-,22-,23-,25+,39?/m1/s1. The molecule has 2 aliphatic rings. The Morgan fingerprint density at radius 1 is 1.28 bits per heavy atom. The molecule has 0 radical (unpaired) electrons. The third-order valence-electron chi connectivity index (χ3n) is 6.43. The van der Waals surface area contributed by atoms with E-state index in [1.807, 2.05) is 0 Å². The summed E-state index contributed by atoms with van der Waals surface area (Å²) in [6.07, 6.45) is -2.12. The maximum Gasteiger partial charge on any atom is 0.475 e. The van der Waals surface area contributed by atoms with Crippen LogP contribution in [-0.4, -0.2) is 58.1 Å². The number of esters is 2. The van der Waals surface area contributed by atoms with Crippen molar-refractivity contribution in [1.29, 1.82) is 5.26 Å². The van der Waals surface area contributed by atoms with Crippen LogP contribution < -0.4 is 0 Å². The average molecular weight is 556 g/mol. The zero-order valence-electron chi connectivity index (χ0n) is 21.3. The molecule has 0 N–H and O–H groups in total. The number of aromatic nitrogens is 3. The summed E-state index contributed by atoms with van der Waals surface area (Å²) in [7, 11) is -4.26. The molecule has 5 rings (SSSR count). The molecule has 4 heterocycles. The number of phosphoric ester groups is 1. The van der Waals surface area contributed by atoms with Crippen LogP contribution in [0.5, 0.6) is 0 Å². The molecule has 2 saturated heterocycles. The minimum atomic E-state index is -4.26. The Hall–Kier alpha value is -3.66. The van der Waals surface area contributed by atoms with Crippen LogP contribution in [0.2, 0.25) is 0 Å². The average Bonchev–Trinajstić information content (AvgIpc) is 3.48. The van der Waals surface area contributed by atoms with Crippen LogP contribution in [0.25, 0.3) is 5.52 Å². The highest BCUT2D eigenvalue weighted by Crippen LogP contribution is 2.59. The predicted octanol–water partition coefficient (Wildman–Crippen LogP) is 3.00. The molecule has 0 amide bonds. The summed E-state index contributed by atoms with van der Waals surface area (Å²) >= 11 is 0. The summed E-state index contributed by atoms with van der Waals surface area (Å²) in [4.78, 5) is 28.6. The lowest BCUT2D eigenvalue weighted by Gasteiger charge is -2.32. The lowest BCUT2D eigenvalue weighted by molar-refractivity contribution is -0.157. The first-order chi connectivity index (χ1) is 18.7. The second-order valence-electron chi connectivity index (χ2n) is 8.86. The van der Waals surface area contributed by atoms with E-state index in [1.54, 1.807) is 50.2 Å². The van der Waals surface area contributed by atoms with Gasteiger partial charge in [0.15, 0.2) is 6.10 Å². The second-order valence-corrected chi connectivity index (χ2v) is 10.5. The van der Waals surface area contributed by atoms with Gasteiger partial charge in [-0.05, 0) is 37.6 Å². The maximum atomic E-state index is 13.5. The van der Waals surface area contributed by atoms with Gasteiger partial charge in [-0.15, -0.1) is 0 Å². The highest BCUT2D eigenvalue weighted by atomic mass is 31.2. The largest absolute Gasteiger partial charge is 0.475 e. The Morgan fingerprint density at radius 3 is 2.82 bits per heavy atom. The van der Waals surface area contributed by atoms with Gasteiger partial charge < -0.3 is 14.2 Å². The van der Waals surface area contributed by atoms with Gasteiger partial charge in [-0.25, -0.2) is 18.9 Å². The summed E-state index contributed by atoms with van der Waals surface area (Å²) in [6.45, 7) is 4.25. The molecule has 204 valence electrons. The van der Waals surface area contributed by atoms with Crippen molar-refractivity contribution >= 4 is 25.3 Å². The minimum absolute atomic E-state index is 0.183. The number of aryl methyl sites for hydroxylation is 1. The number of carbonyl (C=O) groups is 2. The van der Waals surface area contributed by atoms with Crippen molar-refractivity contribution in [3.05, 3.63) is 65.2 Å². The number of hydrogen-bond donors (Lipinski definition) is 0. The number of carbonyl (C=O) groups excluding carboxylic acids is 2. The smallest absolute Gasteiger partial charge is 0.462 e. The van der Waals surface area contributed by atoms with Gasteiger partial charge in [0.2, 0.25) is 5.60 Å². The minimum Gasteiger partial charge on any atom is -0.462 e.